The highest BCUT2D eigenvalue weighted by Crippen LogP contribution is 2.32. The van der Waals surface area contributed by atoms with Crippen LogP contribution in [0.5, 0.6) is 5.75 Å². The molecule has 0 aliphatic carbocycles. The zero-order chi connectivity index (χ0) is 20.0. The number of aryl methyl sites for hydroxylation is 2. The topological polar surface area (TPSA) is 54.2 Å². The molecule has 0 spiro atoms. The van der Waals surface area contributed by atoms with Crippen LogP contribution in [0.1, 0.15) is 17.0 Å². The molecule has 1 N–H and O–H groups in total. The molecule has 0 fully saturated rings. The highest BCUT2D eigenvalue weighted by atomic mass is 19.1. The van der Waals surface area contributed by atoms with Gasteiger partial charge in [0.2, 0.25) is 5.95 Å². The van der Waals surface area contributed by atoms with Crippen molar-refractivity contribution >= 4 is 22.4 Å². The minimum atomic E-state index is -0.296. The third-order valence-corrected chi connectivity index (χ3v) is 5.07. The number of halogens is 1. The van der Waals surface area contributed by atoms with Crippen LogP contribution in [0, 0.1) is 26.6 Å². The molecule has 0 aliphatic rings. The highest BCUT2D eigenvalue weighted by molar-refractivity contribution is 5.88. The van der Waals surface area contributed by atoms with Gasteiger partial charge in [-0.15, -0.1) is 0 Å². The van der Waals surface area contributed by atoms with Gasteiger partial charge in [0.05, 0.1) is 5.52 Å². The number of aromatic hydroxyl groups is 1. The molecule has 0 unspecified atom stereocenters. The van der Waals surface area contributed by atoms with Crippen molar-refractivity contribution in [2.75, 3.05) is 11.9 Å². The maximum Gasteiger partial charge on any atom is 0.236 e. The van der Waals surface area contributed by atoms with Crippen molar-refractivity contribution in [1.82, 2.24) is 14.5 Å². The Bertz CT molecular complexity index is 1200. The van der Waals surface area contributed by atoms with Crippen molar-refractivity contribution < 1.29 is 9.50 Å². The molecule has 0 atom stereocenters. The van der Waals surface area contributed by atoms with Crippen LogP contribution in [0.4, 0.5) is 15.9 Å². The van der Waals surface area contributed by atoms with E-state index in [4.69, 9.17) is 4.98 Å². The second-order valence-corrected chi connectivity index (χ2v) is 6.93. The maximum atomic E-state index is 13.7. The Morgan fingerprint density at radius 1 is 1.00 bits per heavy atom. The molecule has 28 heavy (non-hydrogen) atoms. The zero-order valence-electron chi connectivity index (χ0n) is 16.2. The van der Waals surface area contributed by atoms with Crippen molar-refractivity contribution in [2.45, 2.75) is 20.8 Å². The Morgan fingerprint density at radius 2 is 1.75 bits per heavy atom. The van der Waals surface area contributed by atoms with Crippen LogP contribution in [0.3, 0.4) is 0 Å². The molecule has 0 saturated carbocycles. The van der Waals surface area contributed by atoms with E-state index in [9.17, 15) is 9.50 Å². The summed E-state index contributed by atoms with van der Waals surface area (Å²) in [5.41, 5.74) is 4.22. The Balaban J connectivity index is 1.92. The third kappa shape index (κ3) is 2.87. The average molecular weight is 376 g/mol. The van der Waals surface area contributed by atoms with Crippen molar-refractivity contribution in [1.29, 1.82) is 0 Å². The summed E-state index contributed by atoms with van der Waals surface area (Å²) < 4.78 is 15.6. The number of aromatic nitrogens is 3. The van der Waals surface area contributed by atoms with E-state index in [1.54, 1.807) is 18.2 Å². The van der Waals surface area contributed by atoms with Crippen LogP contribution >= 0.6 is 0 Å². The predicted octanol–water partition coefficient (Wildman–Crippen LogP) is 4.96. The first-order valence-electron chi connectivity index (χ1n) is 9.01. The summed E-state index contributed by atoms with van der Waals surface area (Å²) in [6, 6.07) is 13.7. The Hall–Kier alpha value is -3.41. The van der Waals surface area contributed by atoms with Crippen molar-refractivity contribution in [3.8, 4) is 11.7 Å². The average Bonchev–Trinajstić information content (AvgIpc) is 3.01. The largest absolute Gasteiger partial charge is 0.507 e. The molecule has 0 bridgehead atoms. The minimum Gasteiger partial charge on any atom is -0.507 e. The van der Waals surface area contributed by atoms with Gasteiger partial charge in [0.25, 0.3) is 0 Å². The number of phenolic OH excluding ortho intramolecular Hbond substituents is 1. The standard InChI is InChI=1S/C22H21FN4O/c1-13-11-18-19(9-6-10-20(18)28)27(13)22-24-15(3)14(2)21(25-22)26(4)17-8-5-7-16(23)12-17/h5-12,28H,1-4H3. The lowest BCUT2D eigenvalue weighted by atomic mass is 10.2. The first kappa shape index (κ1) is 18.0. The molecule has 2 aromatic carbocycles. The molecule has 2 aromatic heterocycles. The van der Waals surface area contributed by atoms with Crippen molar-refractivity contribution in [2.24, 2.45) is 0 Å². The van der Waals surface area contributed by atoms with Gasteiger partial charge in [0.15, 0.2) is 0 Å². The van der Waals surface area contributed by atoms with Crippen LogP contribution < -0.4 is 4.90 Å². The van der Waals surface area contributed by atoms with E-state index < -0.39 is 0 Å². The number of fused-ring (bicyclic) bond motifs is 1. The van der Waals surface area contributed by atoms with Crippen LogP contribution in [0.15, 0.2) is 48.5 Å². The molecular weight excluding hydrogens is 355 g/mol. The number of phenols is 1. The second kappa shape index (κ2) is 6.64. The number of hydrogen-bond acceptors (Lipinski definition) is 4. The van der Waals surface area contributed by atoms with Crippen LogP contribution in [-0.2, 0) is 0 Å². The maximum absolute atomic E-state index is 13.7. The SMILES string of the molecule is Cc1nc(-n2c(C)cc3c(O)cccc32)nc(N(C)c2cccc(F)c2)c1C. The van der Waals surface area contributed by atoms with Gasteiger partial charge in [-0.05, 0) is 57.2 Å². The quantitative estimate of drug-likeness (QED) is 0.549. The molecule has 0 saturated heterocycles. The summed E-state index contributed by atoms with van der Waals surface area (Å²) in [5.74, 6) is 1.14. The van der Waals surface area contributed by atoms with E-state index >= 15 is 0 Å². The van der Waals surface area contributed by atoms with E-state index in [0.29, 0.717) is 17.5 Å². The van der Waals surface area contributed by atoms with Crippen LogP contribution in [0.2, 0.25) is 0 Å². The number of anilines is 2. The van der Waals surface area contributed by atoms with Crippen molar-refractivity contribution in [3.05, 3.63) is 71.3 Å². The molecule has 142 valence electrons. The Labute approximate surface area is 162 Å². The summed E-state index contributed by atoms with van der Waals surface area (Å²) in [7, 11) is 1.86. The van der Waals surface area contributed by atoms with Gasteiger partial charge in [-0.2, -0.15) is 4.98 Å². The molecule has 4 aromatic rings. The summed E-state index contributed by atoms with van der Waals surface area (Å²) in [4.78, 5) is 11.3. The summed E-state index contributed by atoms with van der Waals surface area (Å²) >= 11 is 0. The lowest BCUT2D eigenvalue weighted by Gasteiger charge is -2.22. The van der Waals surface area contributed by atoms with E-state index in [1.807, 2.05) is 55.5 Å². The minimum absolute atomic E-state index is 0.222. The first-order valence-corrected chi connectivity index (χ1v) is 9.01. The molecule has 2 heterocycles. The Kier molecular flexibility index (Phi) is 4.26. The molecule has 0 aliphatic heterocycles. The number of nitrogens with zero attached hydrogens (tertiary/aromatic N) is 4. The fourth-order valence-corrected chi connectivity index (χ4v) is 3.45. The van der Waals surface area contributed by atoms with Crippen LogP contribution in [0.25, 0.3) is 16.9 Å². The van der Waals surface area contributed by atoms with Gasteiger partial charge in [0, 0.05) is 35.1 Å². The summed E-state index contributed by atoms with van der Waals surface area (Å²) in [6.45, 7) is 5.84. The normalized spacial score (nSPS) is 11.2. The van der Waals surface area contributed by atoms with E-state index in [2.05, 4.69) is 4.98 Å². The van der Waals surface area contributed by atoms with Gasteiger partial charge in [-0.1, -0.05) is 12.1 Å². The molecule has 4 rings (SSSR count). The van der Waals surface area contributed by atoms with Gasteiger partial charge >= 0.3 is 0 Å². The molecule has 5 nitrogen and oxygen atoms in total. The molecule has 0 amide bonds. The summed E-state index contributed by atoms with van der Waals surface area (Å²) in [6.07, 6.45) is 0. The fraction of sp³-hybridized carbons (Fsp3) is 0.182. The van der Waals surface area contributed by atoms with Gasteiger partial charge < -0.3 is 10.0 Å². The predicted molar refractivity (Wildman–Crippen MR) is 109 cm³/mol. The molecule has 6 heteroatoms. The highest BCUT2D eigenvalue weighted by Gasteiger charge is 2.18. The summed E-state index contributed by atoms with van der Waals surface area (Å²) in [5, 5.41) is 10.9. The number of benzene rings is 2. The number of hydrogen-bond donors (Lipinski definition) is 1. The Morgan fingerprint density at radius 3 is 2.50 bits per heavy atom. The van der Waals surface area contributed by atoms with E-state index in [0.717, 1.165) is 27.9 Å². The van der Waals surface area contributed by atoms with Gasteiger partial charge in [0.1, 0.15) is 17.4 Å². The van der Waals surface area contributed by atoms with Crippen LogP contribution in [-0.4, -0.2) is 26.7 Å². The lowest BCUT2D eigenvalue weighted by Crippen LogP contribution is -2.16. The smallest absolute Gasteiger partial charge is 0.236 e. The second-order valence-electron chi connectivity index (χ2n) is 6.93. The van der Waals surface area contributed by atoms with Gasteiger partial charge in [-0.25, -0.2) is 9.37 Å². The van der Waals surface area contributed by atoms with Crippen molar-refractivity contribution in [3.63, 3.8) is 0 Å². The zero-order valence-corrected chi connectivity index (χ0v) is 16.2. The lowest BCUT2D eigenvalue weighted by molar-refractivity contribution is 0.481. The molecule has 0 radical (unpaired) electrons. The van der Waals surface area contributed by atoms with E-state index in [1.165, 1.54) is 12.1 Å². The first-order chi connectivity index (χ1) is 13.4. The molecular formula is C22H21FN4O. The van der Waals surface area contributed by atoms with E-state index in [-0.39, 0.29) is 11.6 Å². The van der Waals surface area contributed by atoms with Gasteiger partial charge in [-0.3, -0.25) is 4.57 Å². The monoisotopic (exact) mass is 376 g/mol. The number of rotatable bonds is 3. The fourth-order valence-electron chi connectivity index (χ4n) is 3.45. The third-order valence-electron chi connectivity index (χ3n) is 5.07.